The van der Waals surface area contributed by atoms with E-state index in [0.29, 0.717) is 24.6 Å². The SMILES string of the molecule is NCCCCCCCNC(=O)Nc1snc(OCc2c(F)cc(Cl)cc2F)c1C(=O)O. The average molecular weight is 477 g/mol. The van der Waals surface area contributed by atoms with Crippen LogP contribution in [0.5, 0.6) is 5.88 Å². The van der Waals surface area contributed by atoms with Gasteiger partial charge < -0.3 is 20.9 Å². The Hall–Kier alpha value is -2.50. The average Bonchev–Trinajstić information content (AvgIpc) is 3.09. The fourth-order valence-corrected chi connectivity index (χ4v) is 3.56. The summed E-state index contributed by atoms with van der Waals surface area (Å²) in [7, 11) is 0. The second-order valence-corrected chi connectivity index (χ2v) is 7.78. The lowest BCUT2D eigenvalue weighted by atomic mass is 10.1. The van der Waals surface area contributed by atoms with Gasteiger partial charge in [-0.05, 0) is 43.1 Å². The number of urea groups is 1. The van der Waals surface area contributed by atoms with Gasteiger partial charge in [0.15, 0.2) is 5.56 Å². The molecular weight excluding hydrogens is 454 g/mol. The summed E-state index contributed by atoms with van der Waals surface area (Å²) in [5.74, 6) is -3.63. The van der Waals surface area contributed by atoms with Crippen molar-refractivity contribution in [2.75, 3.05) is 18.4 Å². The van der Waals surface area contributed by atoms with Crippen LogP contribution in [0.4, 0.5) is 18.6 Å². The number of hydrogen-bond acceptors (Lipinski definition) is 6. The molecule has 31 heavy (non-hydrogen) atoms. The van der Waals surface area contributed by atoms with E-state index in [9.17, 15) is 23.5 Å². The highest BCUT2D eigenvalue weighted by Crippen LogP contribution is 2.31. The molecule has 0 bridgehead atoms. The van der Waals surface area contributed by atoms with Crippen LogP contribution in [-0.4, -0.2) is 34.6 Å². The number of nitrogens with zero attached hydrogens (tertiary/aromatic N) is 1. The summed E-state index contributed by atoms with van der Waals surface area (Å²) in [5.41, 5.74) is 4.60. The zero-order chi connectivity index (χ0) is 22.8. The molecule has 0 radical (unpaired) electrons. The molecule has 0 spiro atoms. The van der Waals surface area contributed by atoms with Gasteiger partial charge in [-0.1, -0.05) is 30.9 Å². The number of carbonyl (C=O) groups excluding carboxylic acids is 1. The molecule has 0 aliphatic rings. The number of unbranched alkanes of at least 4 members (excludes halogenated alkanes) is 4. The van der Waals surface area contributed by atoms with Gasteiger partial charge in [-0.15, -0.1) is 0 Å². The Morgan fingerprint density at radius 2 is 1.81 bits per heavy atom. The molecule has 0 unspecified atom stereocenters. The molecule has 2 amide bonds. The molecule has 1 aromatic heterocycles. The number of carbonyl (C=O) groups is 2. The molecule has 5 N–H and O–H groups in total. The Bertz CT molecular complexity index is 890. The van der Waals surface area contributed by atoms with Gasteiger partial charge in [0.2, 0.25) is 5.88 Å². The van der Waals surface area contributed by atoms with Gasteiger partial charge in [0.1, 0.15) is 23.2 Å². The van der Waals surface area contributed by atoms with Crippen LogP contribution < -0.4 is 21.1 Å². The number of halogens is 3. The van der Waals surface area contributed by atoms with Crippen LogP contribution in [0, 0.1) is 11.6 Å². The first-order chi connectivity index (χ1) is 14.8. The fraction of sp³-hybridized carbons (Fsp3) is 0.421. The van der Waals surface area contributed by atoms with Crippen molar-refractivity contribution in [2.24, 2.45) is 5.73 Å². The number of anilines is 1. The van der Waals surface area contributed by atoms with Crippen molar-refractivity contribution in [3.05, 3.63) is 39.9 Å². The molecule has 2 rings (SSSR count). The Morgan fingerprint density at radius 1 is 1.16 bits per heavy atom. The van der Waals surface area contributed by atoms with Crippen molar-refractivity contribution >= 4 is 40.1 Å². The molecule has 12 heteroatoms. The van der Waals surface area contributed by atoms with Gasteiger partial charge in [-0.3, -0.25) is 5.32 Å². The number of nitrogens with one attached hydrogen (secondary N) is 2. The first-order valence-corrected chi connectivity index (χ1v) is 10.7. The number of ether oxygens (including phenoxy) is 1. The second kappa shape index (κ2) is 12.4. The van der Waals surface area contributed by atoms with E-state index in [4.69, 9.17) is 22.1 Å². The van der Waals surface area contributed by atoms with Gasteiger partial charge in [-0.25, -0.2) is 18.4 Å². The summed E-state index contributed by atoms with van der Waals surface area (Å²) in [4.78, 5) is 23.6. The van der Waals surface area contributed by atoms with E-state index >= 15 is 0 Å². The van der Waals surface area contributed by atoms with Gasteiger partial charge in [-0.2, -0.15) is 4.37 Å². The number of rotatable bonds is 12. The normalized spacial score (nSPS) is 10.7. The quantitative estimate of drug-likeness (QED) is 0.337. The summed E-state index contributed by atoms with van der Waals surface area (Å²) in [6, 6.07) is 1.24. The maximum absolute atomic E-state index is 13.9. The Kier molecular flexibility index (Phi) is 9.89. The molecule has 0 atom stereocenters. The Morgan fingerprint density at radius 3 is 2.45 bits per heavy atom. The molecule has 0 saturated heterocycles. The van der Waals surface area contributed by atoms with Crippen LogP contribution in [0.1, 0.15) is 48.0 Å². The number of carboxylic acid groups (broad SMARTS) is 1. The van der Waals surface area contributed by atoms with E-state index in [-0.39, 0.29) is 15.9 Å². The molecule has 0 aliphatic heterocycles. The molecule has 170 valence electrons. The number of hydrogen-bond donors (Lipinski definition) is 4. The maximum Gasteiger partial charge on any atom is 0.344 e. The lowest BCUT2D eigenvalue weighted by Crippen LogP contribution is -2.29. The van der Waals surface area contributed by atoms with Gasteiger partial charge >= 0.3 is 12.0 Å². The molecule has 2 aromatic rings. The monoisotopic (exact) mass is 476 g/mol. The van der Waals surface area contributed by atoms with Gasteiger partial charge in [0.25, 0.3) is 0 Å². The van der Waals surface area contributed by atoms with E-state index < -0.39 is 41.4 Å². The van der Waals surface area contributed by atoms with Crippen molar-refractivity contribution in [1.29, 1.82) is 0 Å². The molecule has 8 nitrogen and oxygen atoms in total. The molecule has 0 saturated carbocycles. The standard InChI is InChI=1S/C19H23ClF2N4O4S/c20-11-8-13(21)12(14(22)9-11)10-30-16-15(18(27)28)17(31-26-16)25-19(29)24-7-5-3-1-2-4-6-23/h8-9H,1-7,10,23H2,(H,27,28)(H2,24,25,29). The van der Waals surface area contributed by atoms with Crippen molar-refractivity contribution in [3.8, 4) is 5.88 Å². The zero-order valence-corrected chi connectivity index (χ0v) is 18.1. The highest BCUT2D eigenvalue weighted by molar-refractivity contribution is 7.11. The number of aromatic carboxylic acids is 1. The predicted octanol–water partition coefficient (Wildman–Crippen LogP) is 4.38. The first-order valence-electron chi connectivity index (χ1n) is 9.57. The number of aromatic nitrogens is 1. The van der Waals surface area contributed by atoms with Gasteiger partial charge in [0, 0.05) is 11.6 Å². The van der Waals surface area contributed by atoms with Crippen LogP contribution in [0.15, 0.2) is 12.1 Å². The van der Waals surface area contributed by atoms with Crippen LogP contribution in [0.3, 0.4) is 0 Å². The third-order valence-electron chi connectivity index (χ3n) is 4.23. The molecular formula is C19H23ClF2N4O4S. The predicted molar refractivity (Wildman–Crippen MR) is 114 cm³/mol. The lowest BCUT2D eigenvalue weighted by molar-refractivity contribution is 0.0693. The topological polar surface area (TPSA) is 127 Å². The van der Waals surface area contributed by atoms with E-state index in [0.717, 1.165) is 44.2 Å². The molecule has 0 aliphatic carbocycles. The van der Waals surface area contributed by atoms with E-state index in [1.54, 1.807) is 0 Å². The minimum atomic E-state index is -1.41. The van der Waals surface area contributed by atoms with Crippen molar-refractivity contribution in [3.63, 3.8) is 0 Å². The van der Waals surface area contributed by atoms with Crippen LogP contribution >= 0.6 is 23.1 Å². The zero-order valence-electron chi connectivity index (χ0n) is 16.6. The number of nitrogens with two attached hydrogens (primary N) is 1. The van der Waals surface area contributed by atoms with Crippen molar-refractivity contribution < 1.29 is 28.2 Å². The minimum absolute atomic E-state index is 0.0556. The summed E-state index contributed by atoms with van der Waals surface area (Å²) < 4.78 is 36.8. The van der Waals surface area contributed by atoms with E-state index in [2.05, 4.69) is 15.0 Å². The number of amides is 2. The summed E-state index contributed by atoms with van der Waals surface area (Å²) in [6.45, 7) is 0.486. The lowest BCUT2D eigenvalue weighted by Gasteiger charge is -2.08. The summed E-state index contributed by atoms with van der Waals surface area (Å²) in [6.07, 6.45) is 4.75. The maximum atomic E-state index is 13.9. The third kappa shape index (κ3) is 7.60. The number of carboxylic acids is 1. The second-order valence-electron chi connectivity index (χ2n) is 6.57. The third-order valence-corrected chi connectivity index (χ3v) is 5.19. The highest BCUT2D eigenvalue weighted by Gasteiger charge is 2.24. The Labute approximate surface area is 186 Å². The molecule has 1 aromatic carbocycles. The van der Waals surface area contributed by atoms with Crippen molar-refractivity contribution in [2.45, 2.75) is 38.7 Å². The summed E-state index contributed by atoms with van der Waals surface area (Å²) >= 11 is 6.26. The highest BCUT2D eigenvalue weighted by atomic mass is 35.5. The van der Waals surface area contributed by atoms with Gasteiger partial charge in [0.05, 0.1) is 5.56 Å². The number of benzene rings is 1. The molecule has 0 fully saturated rings. The van der Waals surface area contributed by atoms with Crippen molar-refractivity contribution in [1.82, 2.24) is 9.69 Å². The Balaban J connectivity index is 1.93. The minimum Gasteiger partial charge on any atom is -0.477 e. The molecule has 1 heterocycles. The van der Waals surface area contributed by atoms with E-state index in [1.165, 1.54) is 0 Å². The largest absolute Gasteiger partial charge is 0.477 e. The van der Waals surface area contributed by atoms with Crippen LogP contribution in [-0.2, 0) is 6.61 Å². The fourth-order valence-electron chi connectivity index (χ4n) is 2.65. The smallest absolute Gasteiger partial charge is 0.344 e. The first kappa shape index (κ1) is 24.8. The van der Waals surface area contributed by atoms with E-state index in [1.807, 2.05) is 0 Å². The van der Waals surface area contributed by atoms with Crippen LogP contribution in [0.2, 0.25) is 5.02 Å². The summed E-state index contributed by atoms with van der Waals surface area (Å²) in [5, 5.41) is 14.3. The van der Waals surface area contributed by atoms with Crippen LogP contribution in [0.25, 0.3) is 0 Å².